The smallest absolute Gasteiger partial charge is 0.0547 e. The number of fused-ring (bicyclic) bond motifs is 4. The Morgan fingerprint density at radius 1 is 0.512 bits per heavy atom. The Balaban J connectivity index is 0.000000233. The molecule has 202 valence electrons. The summed E-state index contributed by atoms with van der Waals surface area (Å²) in [6.45, 7) is 9.01. The van der Waals surface area contributed by atoms with Gasteiger partial charge in [-0.15, -0.1) is 0 Å². The standard InChI is InChI=1S/C29H21N.C11H16/c1-20-8-7-13-27-29(20)26-18-23-11-5-6-12-24(23)19-28(26)30(27)25-16-14-22(15-17-25)21-9-3-2-4-10-21;1-9(2)10(3)11-7-5-4-6-8-11/h2-19H,1H3;4-10H,1-3H3. The summed E-state index contributed by atoms with van der Waals surface area (Å²) in [5.74, 6) is 1.41. The van der Waals surface area contributed by atoms with Crippen molar-refractivity contribution in [2.45, 2.75) is 33.6 Å². The lowest BCUT2D eigenvalue weighted by Gasteiger charge is -2.15. The number of aryl methyl sites for hydroxylation is 1. The maximum atomic E-state index is 2.40. The van der Waals surface area contributed by atoms with Crippen molar-refractivity contribution in [1.82, 2.24) is 4.57 Å². The zero-order chi connectivity index (χ0) is 28.3. The van der Waals surface area contributed by atoms with E-state index < -0.39 is 0 Å². The molecule has 0 saturated heterocycles. The summed E-state index contributed by atoms with van der Waals surface area (Å²) in [4.78, 5) is 0. The van der Waals surface area contributed by atoms with Gasteiger partial charge in [0.15, 0.2) is 0 Å². The fourth-order valence-electron chi connectivity index (χ4n) is 5.79. The van der Waals surface area contributed by atoms with E-state index >= 15 is 0 Å². The number of hydrogen-bond donors (Lipinski definition) is 0. The molecule has 1 aromatic heterocycles. The van der Waals surface area contributed by atoms with E-state index in [1.54, 1.807) is 0 Å². The average Bonchev–Trinajstić information content (AvgIpc) is 3.35. The Morgan fingerprint density at radius 3 is 1.76 bits per heavy atom. The monoisotopic (exact) mass is 531 g/mol. The van der Waals surface area contributed by atoms with Gasteiger partial charge in [-0.1, -0.05) is 130 Å². The number of hydrogen-bond acceptors (Lipinski definition) is 0. The number of rotatable bonds is 4. The van der Waals surface area contributed by atoms with Crippen molar-refractivity contribution in [2.75, 3.05) is 0 Å². The number of benzene rings is 6. The zero-order valence-corrected chi connectivity index (χ0v) is 24.4. The van der Waals surface area contributed by atoms with Crippen LogP contribution in [0.5, 0.6) is 0 Å². The van der Waals surface area contributed by atoms with Gasteiger partial charge in [-0.25, -0.2) is 0 Å². The van der Waals surface area contributed by atoms with Crippen LogP contribution in [-0.4, -0.2) is 4.57 Å². The van der Waals surface area contributed by atoms with Gasteiger partial charge in [0.2, 0.25) is 0 Å². The van der Waals surface area contributed by atoms with Crippen molar-refractivity contribution in [2.24, 2.45) is 5.92 Å². The minimum atomic E-state index is 0.677. The molecule has 0 saturated carbocycles. The maximum absolute atomic E-state index is 2.40. The molecule has 0 aliphatic rings. The summed E-state index contributed by atoms with van der Waals surface area (Å²) in [5.41, 5.74) is 8.94. The molecule has 6 aromatic carbocycles. The maximum Gasteiger partial charge on any atom is 0.0547 e. The van der Waals surface area contributed by atoms with Crippen LogP contribution < -0.4 is 0 Å². The van der Waals surface area contributed by atoms with E-state index in [2.05, 4.69) is 172 Å². The molecule has 0 amide bonds. The second-order valence-corrected chi connectivity index (χ2v) is 11.4. The quantitative estimate of drug-likeness (QED) is 0.213. The highest BCUT2D eigenvalue weighted by Crippen LogP contribution is 2.36. The molecule has 0 aliphatic carbocycles. The average molecular weight is 532 g/mol. The molecule has 1 nitrogen and oxygen atoms in total. The highest BCUT2D eigenvalue weighted by atomic mass is 15.0. The molecule has 0 N–H and O–H groups in total. The summed E-state index contributed by atoms with van der Waals surface area (Å²) in [7, 11) is 0. The van der Waals surface area contributed by atoms with Crippen molar-refractivity contribution in [3.63, 3.8) is 0 Å². The van der Waals surface area contributed by atoms with E-state index in [0.717, 1.165) is 5.92 Å². The predicted molar refractivity (Wildman–Crippen MR) is 178 cm³/mol. The summed E-state index contributed by atoms with van der Waals surface area (Å²) in [6.07, 6.45) is 0. The van der Waals surface area contributed by atoms with Crippen LogP contribution in [0.3, 0.4) is 0 Å². The van der Waals surface area contributed by atoms with Crippen LogP contribution in [0.15, 0.2) is 140 Å². The fraction of sp³-hybridized carbons (Fsp3) is 0.150. The second-order valence-electron chi connectivity index (χ2n) is 11.4. The Bertz CT molecular complexity index is 1910. The molecule has 0 radical (unpaired) electrons. The molecule has 1 unspecified atom stereocenters. The van der Waals surface area contributed by atoms with Gasteiger partial charge in [-0.05, 0) is 82.1 Å². The first-order valence-electron chi connectivity index (χ1n) is 14.6. The summed E-state index contributed by atoms with van der Waals surface area (Å²) >= 11 is 0. The van der Waals surface area contributed by atoms with Crippen LogP contribution in [0.2, 0.25) is 0 Å². The Hall–Kier alpha value is -4.62. The highest BCUT2D eigenvalue weighted by Gasteiger charge is 2.15. The lowest BCUT2D eigenvalue weighted by molar-refractivity contribution is 0.535. The third kappa shape index (κ3) is 5.28. The van der Waals surface area contributed by atoms with E-state index in [4.69, 9.17) is 0 Å². The molecule has 1 heterocycles. The number of nitrogens with zero attached hydrogens (tertiary/aromatic N) is 1. The van der Waals surface area contributed by atoms with Crippen LogP contribution in [0, 0.1) is 12.8 Å². The molecule has 0 bridgehead atoms. The van der Waals surface area contributed by atoms with Gasteiger partial charge >= 0.3 is 0 Å². The van der Waals surface area contributed by atoms with Crippen molar-refractivity contribution in [3.05, 3.63) is 151 Å². The van der Waals surface area contributed by atoms with E-state index in [1.165, 1.54) is 60.5 Å². The van der Waals surface area contributed by atoms with Crippen molar-refractivity contribution in [3.8, 4) is 16.8 Å². The molecule has 1 atom stereocenters. The minimum absolute atomic E-state index is 0.677. The predicted octanol–water partition coefficient (Wildman–Crippen LogP) is 11.4. The molecule has 0 spiro atoms. The van der Waals surface area contributed by atoms with Gasteiger partial charge in [0.05, 0.1) is 11.0 Å². The van der Waals surface area contributed by atoms with E-state index in [0.29, 0.717) is 5.92 Å². The van der Waals surface area contributed by atoms with Crippen molar-refractivity contribution in [1.29, 1.82) is 0 Å². The van der Waals surface area contributed by atoms with E-state index in [-0.39, 0.29) is 0 Å². The largest absolute Gasteiger partial charge is 0.309 e. The lowest BCUT2D eigenvalue weighted by atomic mass is 9.91. The summed E-state index contributed by atoms with van der Waals surface area (Å²) in [5, 5.41) is 5.21. The molecule has 7 rings (SSSR count). The minimum Gasteiger partial charge on any atom is -0.309 e. The third-order valence-electron chi connectivity index (χ3n) is 8.42. The first kappa shape index (κ1) is 26.6. The lowest BCUT2D eigenvalue weighted by Crippen LogP contribution is -2.00. The van der Waals surface area contributed by atoms with Gasteiger partial charge in [0.1, 0.15) is 0 Å². The summed E-state index contributed by atoms with van der Waals surface area (Å²) < 4.78 is 2.40. The Labute approximate surface area is 243 Å². The van der Waals surface area contributed by atoms with Crippen LogP contribution in [0.4, 0.5) is 0 Å². The second kappa shape index (κ2) is 11.5. The van der Waals surface area contributed by atoms with E-state index in [9.17, 15) is 0 Å². The van der Waals surface area contributed by atoms with Crippen LogP contribution in [0.1, 0.15) is 37.8 Å². The Morgan fingerprint density at radius 2 is 1.10 bits per heavy atom. The molecule has 1 heteroatoms. The fourth-order valence-corrected chi connectivity index (χ4v) is 5.79. The van der Waals surface area contributed by atoms with Gasteiger partial charge in [-0.2, -0.15) is 0 Å². The van der Waals surface area contributed by atoms with Gasteiger partial charge in [0.25, 0.3) is 0 Å². The molecule has 0 aliphatic heterocycles. The molecular formula is C40H37N. The third-order valence-corrected chi connectivity index (χ3v) is 8.42. The molecule has 0 fully saturated rings. The first-order chi connectivity index (χ1) is 20.0. The van der Waals surface area contributed by atoms with Crippen molar-refractivity contribution < 1.29 is 0 Å². The van der Waals surface area contributed by atoms with E-state index in [1.807, 2.05) is 0 Å². The van der Waals surface area contributed by atoms with Crippen LogP contribution in [-0.2, 0) is 0 Å². The first-order valence-corrected chi connectivity index (χ1v) is 14.6. The molecule has 7 aromatic rings. The normalized spacial score (nSPS) is 12.0. The van der Waals surface area contributed by atoms with Gasteiger partial charge in [-0.3, -0.25) is 0 Å². The van der Waals surface area contributed by atoms with Gasteiger partial charge in [0, 0.05) is 16.5 Å². The van der Waals surface area contributed by atoms with Crippen molar-refractivity contribution >= 4 is 32.6 Å². The summed E-state index contributed by atoms with van der Waals surface area (Å²) in [6, 6.07) is 50.0. The Kier molecular flexibility index (Phi) is 7.44. The van der Waals surface area contributed by atoms with Crippen LogP contribution >= 0.6 is 0 Å². The SMILES string of the molecule is CC(C)C(C)c1ccccc1.Cc1cccc2c1c1cc3ccccc3cc1n2-c1ccc(-c2ccccc2)cc1. The molecule has 41 heavy (non-hydrogen) atoms. The van der Waals surface area contributed by atoms with Crippen LogP contribution in [0.25, 0.3) is 49.4 Å². The topological polar surface area (TPSA) is 4.93 Å². The highest BCUT2D eigenvalue weighted by molar-refractivity contribution is 6.14. The van der Waals surface area contributed by atoms with Gasteiger partial charge < -0.3 is 4.57 Å². The number of aromatic nitrogens is 1. The molecular weight excluding hydrogens is 494 g/mol. The zero-order valence-electron chi connectivity index (χ0n) is 24.4.